The van der Waals surface area contributed by atoms with Gasteiger partial charge in [0.15, 0.2) is 11.7 Å². The molecule has 8 atom stereocenters. The number of imide groups is 1. The van der Waals surface area contributed by atoms with E-state index in [0.29, 0.717) is 65.5 Å². The van der Waals surface area contributed by atoms with Gasteiger partial charge in [0.1, 0.15) is 49.1 Å². The van der Waals surface area contributed by atoms with E-state index in [2.05, 4.69) is 26.6 Å². The zero-order chi connectivity index (χ0) is 65.4. The molecular formula is C61H71FN8O21. The van der Waals surface area contributed by atoms with Crippen molar-refractivity contribution in [1.29, 1.82) is 0 Å². The molecule has 29 nitrogen and oxygen atoms in total. The van der Waals surface area contributed by atoms with Crippen LogP contribution in [-0.4, -0.2) is 177 Å². The number of benzene rings is 2. The number of rotatable bonds is 28. The van der Waals surface area contributed by atoms with E-state index in [1.54, 1.807) is 13.8 Å². The second-order valence-electron chi connectivity index (χ2n) is 22.5. The number of carboxylic acids is 1. The van der Waals surface area contributed by atoms with Crippen LogP contribution in [0.5, 0.6) is 5.75 Å². The van der Waals surface area contributed by atoms with E-state index in [1.807, 2.05) is 0 Å². The van der Waals surface area contributed by atoms with Crippen LogP contribution < -0.4 is 36.9 Å². The van der Waals surface area contributed by atoms with E-state index in [9.17, 15) is 73.5 Å². The lowest BCUT2D eigenvalue weighted by Gasteiger charge is -2.38. The third kappa shape index (κ3) is 14.7. The van der Waals surface area contributed by atoms with Crippen LogP contribution in [0, 0.1) is 12.7 Å². The number of carboxylic acid groups (broad SMARTS) is 1. The highest BCUT2D eigenvalue weighted by atomic mass is 19.1. The number of nitrogens with one attached hydrogen (secondary N) is 5. The number of hydrogen-bond donors (Lipinski definition) is 10. The van der Waals surface area contributed by atoms with E-state index in [-0.39, 0.29) is 124 Å². The number of aromatic nitrogens is 2. The quantitative estimate of drug-likeness (QED) is 0.0179. The van der Waals surface area contributed by atoms with Crippen molar-refractivity contribution in [2.24, 2.45) is 0 Å². The summed E-state index contributed by atoms with van der Waals surface area (Å²) in [5.41, 5.74) is 0.929. The number of methoxy groups -OCH3 is 1. The Bertz CT molecular complexity index is 3620. The SMILES string of the molecule is CCC1(O)C(=O)OCc2c1cc1n(c2=O)Cc2c-1nc1cc(F)c(C)c3c1c2C(NC(=O)OCc1ccc(OC2O[C@H](C(=O)O)C(O)C(O)C2O)c(CNC(=O)CCNC(=O)C(CNC(=O)CCOCCOC)NC(=O)CCCCCN2C(=O)C=CC2=O)c1)CC3. The second-order valence-corrected chi connectivity index (χ2v) is 22.5. The summed E-state index contributed by atoms with van der Waals surface area (Å²) in [6.45, 7) is 2.21. The standard InChI is InChI=1S/C61H71FN8O21/c1-4-61(85)36-23-41-50-34(27-70(41)56(80)35(36)29-88-59(61)83)49-38(11-10-33-30(2)37(62)24-39(67-50)48(33)49)68-60(84)89-28-31-9-12-42(90-58-53(78)51(76)52(77)54(91-58)57(81)82)32(22-31)25-64-43(71)15-17-63-55(79)40(26-65-44(72)16-19-87-21-20-86-3)66-45(73)8-6-5-7-18-69-46(74)13-14-47(69)75/h9,12-14,22-24,38,40,51-54,58,76-78,85H,4-8,10-11,15-21,25-29H2,1-3H3,(H,63,79)(H,64,71)(H,65,72)(H,66,73)(H,68,84)(H,81,82)/t38?,40?,51?,52?,53?,54-,58?,61?/m0/s1. The second kappa shape index (κ2) is 29.0. The number of halogens is 1. The summed E-state index contributed by atoms with van der Waals surface area (Å²) in [5, 5.41) is 66.8. The minimum absolute atomic E-state index is 0.0223. The van der Waals surface area contributed by atoms with Crippen molar-refractivity contribution in [3.05, 3.63) is 103 Å². The number of amides is 7. The number of aryl methyl sites for hydroxylation is 1. The van der Waals surface area contributed by atoms with Gasteiger partial charge in [0.25, 0.3) is 17.4 Å². The maximum atomic E-state index is 15.6. The monoisotopic (exact) mass is 1270 g/mol. The molecule has 1 saturated heterocycles. The number of carbonyl (C=O) groups is 9. The van der Waals surface area contributed by atoms with E-state index < -0.39 is 120 Å². The maximum absolute atomic E-state index is 15.6. The van der Waals surface area contributed by atoms with Gasteiger partial charge in [0.2, 0.25) is 29.9 Å². The van der Waals surface area contributed by atoms with Crippen LogP contribution in [0.25, 0.3) is 22.3 Å². The molecule has 7 unspecified atom stereocenters. The Morgan fingerprint density at radius 2 is 1.63 bits per heavy atom. The molecule has 6 heterocycles. The third-order valence-electron chi connectivity index (χ3n) is 16.6. The zero-order valence-corrected chi connectivity index (χ0v) is 50.0. The lowest BCUT2D eigenvalue weighted by molar-refractivity contribution is -0.271. The number of pyridine rings is 2. The van der Waals surface area contributed by atoms with Crippen LogP contribution in [-0.2, 0) is 100 Å². The highest BCUT2D eigenvalue weighted by molar-refractivity contribution is 6.12. The Balaban J connectivity index is 0.870. The number of fused-ring (bicyclic) bond motifs is 5. The van der Waals surface area contributed by atoms with Crippen molar-refractivity contribution in [3.8, 4) is 17.1 Å². The van der Waals surface area contributed by atoms with Crippen molar-refractivity contribution in [1.82, 2.24) is 41.0 Å². The Morgan fingerprint density at radius 3 is 2.36 bits per heavy atom. The summed E-state index contributed by atoms with van der Waals surface area (Å²) in [5.74, 6) is -6.49. The molecule has 7 amide bonds. The number of aliphatic hydroxyl groups is 4. The molecule has 1 fully saturated rings. The molecule has 4 aliphatic heterocycles. The molecule has 10 N–H and O–H groups in total. The van der Waals surface area contributed by atoms with Gasteiger partial charge >= 0.3 is 18.0 Å². The molecule has 91 heavy (non-hydrogen) atoms. The Labute approximate surface area is 518 Å². The number of aliphatic hydroxyl groups excluding tert-OH is 3. The molecule has 1 aliphatic carbocycles. The minimum atomic E-state index is -2.11. The first kappa shape index (κ1) is 66.6. The molecule has 488 valence electrons. The topological polar surface area (TPSA) is 408 Å². The summed E-state index contributed by atoms with van der Waals surface area (Å²) in [6, 6.07) is 4.94. The first-order chi connectivity index (χ1) is 43.5. The van der Waals surface area contributed by atoms with Crippen molar-refractivity contribution >= 4 is 64.4 Å². The average molecular weight is 1270 g/mol. The number of alkyl carbamates (subject to hydrolysis) is 1. The van der Waals surface area contributed by atoms with E-state index in [0.717, 1.165) is 4.90 Å². The number of nitrogens with zero attached hydrogens (tertiary/aromatic N) is 3. The van der Waals surface area contributed by atoms with E-state index in [1.165, 1.54) is 54.2 Å². The molecule has 0 bridgehead atoms. The highest BCUT2D eigenvalue weighted by Crippen LogP contribution is 2.46. The molecule has 0 radical (unpaired) electrons. The lowest BCUT2D eigenvalue weighted by Crippen LogP contribution is -2.61. The molecule has 0 spiro atoms. The van der Waals surface area contributed by atoms with Crippen LogP contribution >= 0.6 is 0 Å². The number of carbonyl (C=O) groups excluding carboxylic acids is 8. The Hall–Kier alpha value is -8.78. The molecule has 0 saturated carbocycles. The van der Waals surface area contributed by atoms with E-state index in [4.69, 9.17) is 33.4 Å². The molecule has 9 rings (SSSR count). The van der Waals surface area contributed by atoms with Gasteiger partial charge in [-0.2, -0.15) is 0 Å². The van der Waals surface area contributed by atoms with Gasteiger partial charge in [0.05, 0.1) is 54.9 Å². The molecule has 4 aromatic rings. The molecule has 2 aromatic heterocycles. The normalized spacial score (nSPS) is 21.5. The van der Waals surface area contributed by atoms with Crippen LogP contribution in [0.3, 0.4) is 0 Å². The molecule has 30 heteroatoms. The zero-order valence-electron chi connectivity index (χ0n) is 50.0. The largest absolute Gasteiger partial charge is 0.479 e. The van der Waals surface area contributed by atoms with Crippen LogP contribution in [0.4, 0.5) is 9.18 Å². The number of hydrogen-bond acceptors (Lipinski definition) is 21. The first-order valence-corrected chi connectivity index (χ1v) is 29.7. The fourth-order valence-electron chi connectivity index (χ4n) is 11.6. The summed E-state index contributed by atoms with van der Waals surface area (Å²) in [6.07, 6.45) is -7.24. The number of unbranched alkanes of at least 4 members (excludes halogenated alkanes) is 2. The van der Waals surface area contributed by atoms with Gasteiger partial charge in [-0.15, -0.1) is 0 Å². The van der Waals surface area contributed by atoms with Crippen molar-refractivity contribution in [2.45, 2.75) is 146 Å². The molecule has 5 aliphatic rings. The van der Waals surface area contributed by atoms with Crippen LogP contribution in [0.15, 0.2) is 47.3 Å². The average Bonchev–Trinajstić information content (AvgIpc) is 1.62. The molecular weight excluding hydrogens is 1200 g/mol. The maximum Gasteiger partial charge on any atom is 0.407 e. The van der Waals surface area contributed by atoms with Crippen molar-refractivity contribution in [2.75, 3.05) is 46.6 Å². The number of esters is 1. The summed E-state index contributed by atoms with van der Waals surface area (Å²) in [7, 11) is 1.49. The highest BCUT2D eigenvalue weighted by Gasteiger charge is 2.49. The fraction of sp³-hybridized carbons (Fsp3) is 0.492. The predicted molar refractivity (Wildman–Crippen MR) is 311 cm³/mol. The minimum Gasteiger partial charge on any atom is -0.479 e. The van der Waals surface area contributed by atoms with Gasteiger partial charge in [-0.05, 0) is 79.5 Å². The fourth-order valence-corrected chi connectivity index (χ4v) is 11.6. The van der Waals surface area contributed by atoms with Crippen molar-refractivity contribution < 1.29 is 101 Å². The summed E-state index contributed by atoms with van der Waals surface area (Å²) >= 11 is 0. The first-order valence-electron chi connectivity index (χ1n) is 29.7. The Morgan fingerprint density at radius 1 is 0.868 bits per heavy atom. The van der Waals surface area contributed by atoms with Gasteiger partial charge in [0, 0.05) is 92.8 Å². The van der Waals surface area contributed by atoms with Gasteiger partial charge in [-0.25, -0.2) is 23.8 Å². The van der Waals surface area contributed by atoms with Crippen LogP contribution in [0.1, 0.15) is 109 Å². The lowest BCUT2D eigenvalue weighted by atomic mass is 9.81. The van der Waals surface area contributed by atoms with Crippen LogP contribution in [0.2, 0.25) is 0 Å². The predicted octanol–water partition coefficient (Wildman–Crippen LogP) is -0.0262. The van der Waals surface area contributed by atoms with Gasteiger partial charge in [-0.1, -0.05) is 19.4 Å². The third-order valence-corrected chi connectivity index (χ3v) is 16.6. The van der Waals surface area contributed by atoms with Crippen molar-refractivity contribution in [3.63, 3.8) is 0 Å². The number of aliphatic carboxylic acids is 1. The smallest absolute Gasteiger partial charge is 0.407 e. The number of ether oxygens (including phenoxy) is 6. The summed E-state index contributed by atoms with van der Waals surface area (Å²) in [4.78, 5) is 135. The Kier molecular flexibility index (Phi) is 21.2. The van der Waals surface area contributed by atoms with Gasteiger partial charge in [-0.3, -0.25) is 38.5 Å². The number of cyclic esters (lactones) is 1. The van der Waals surface area contributed by atoms with Gasteiger partial charge < -0.3 is 85.1 Å². The summed E-state index contributed by atoms with van der Waals surface area (Å²) < 4.78 is 49.5. The van der Waals surface area contributed by atoms with E-state index >= 15 is 4.39 Å². The molecule has 2 aromatic carbocycles.